The van der Waals surface area contributed by atoms with Gasteiger partial charge in [0.1, 0.15) is 6.54 Å². The zero-order chi connectivity index (χ0) is 19.2. The summed E-state index contributed by atoms with van der Waals surface area (Å²) in [6.07, 6.45) is 2.73. The third-order valence-corrected chi connectivity index (χ3v) is 5.59. The predicted molar refractivity (Wildman–Crippen MR) is 109 cm³/mol. The highest BCUT2D eigenvalue weighted by molar-refractivity contribution is 9.10. The molecular formula is C19H23BrN2O3S. The van der Waals surface area contributed by atoms with Crippen molar-refractivity contribution in [2.75, 3.05) is 17.1 Å². The lowest BCUT2D eigenvalue weighted by Crippen LogP contribution is -2.43. The number of aryl methyl sites for hydroxylation is 1. The summed E-state index contributed by atoms with van der Waals surface area (Å²) in [4.78, 5) is 12.3. The Kier molecular flexibility index (Phi) is 7.23. The van der Waals surface area contributed by atoms with E-state index in [-0.39, 0.29) is 18.5 Å². The first-order valence-electron chi connectivity index (χ1n) is 8.32. The Bertz CT molecular complexity index is 824. The van der Waals surface area contributed by atoms with Crippen LogP contribution in [-0.2, 0) is 21.2 Å². The number of hydrogen-bond donors (Lipinski definition) is 1. The molecule has 26 heavy (non-hydrogen) atoms. The van der Waals surface area contributed by atoms with E-state index in [1.54, 1.807) is 24.3 Å². The molecule has 0 aliphatic carbocycles. The number of halogens is 1. The van der Waals surface area contributed by atoms with E-state index in [9.17, 15) is 13.2 Å². The minimum Gasteiger partial charge on any atom is -0.352 e. The van der Waals surface area contributed by atoms with E-state index >= 15 is 0 Å². The predicted octanol–water partition coefficient (Wildman–Crippen LogP) is 3.35. The van der Waals surface area contributed by atoms with Crippen molar-refractivity contribution in [1.82, 2.24) is 5.32 Å². The Morgan fingerprint density at radius 2 is 1.73 bits per heavy atom. The van der Waals surface area contributed by atoms with Crippen LogP contribution in [0.2, 0.25) is 0 Å². The van der Waals surface area contributed by atoms with E-state index in [2.05, 4.69) is 21.2 Å². The standard InChI is InChI=1S/C19H23BrN2O3S/c1-15(8-9-16-6-4-3-5-7-16)21-19(23)14-22(26(2,24)25)18-12-10-17(20)11-13-18/h3-7,10-13,15H,8-9,14H2,1-2H3,(H,21,23)/t15-/m0/s1. The van der Waals surface area contributed by atoms with Crippen LogP contribution in [0.15, 0.2) is 59.1 Å². The van der Waals surface area contributed by atoms with E-state index in [0.29, 0.717) is 5.69 Å². The van der Waals surface area contributed by atoms with Gasteiger partial charge in [-0.2, -0.15) is 0 Å². The second-order valence-electron chi connectivity index (χ2n) is 6.24. The largest absolute Gasteiger partial charge is 0.352 e. The maximum absolute atomic E-state index is 12.3. The number of rotatable bonds is 8. The average molecular weight is 439 g/mol. The molecule has 2 rings (SSSR count). The minimum absolute atomic E-state index is 0.0472. The Morgan fingerprint density at radius 3 is 2.31 bits per heavy atom. The zero-order valence-corrected chi connectivity index (χ0v) is 17.3. The molecule has 0 aromatic heterocycles. The molecular weight excluding hydrogens is 416 g/mol. The highest BCUT2D eigenvalue weighted by Gasteiger charge is 2.21. The van der Waals surface area contributed by atoms with Crippen LogP contribution in [0.4, 0.5) is 5.69 Å². The number of anilines is 1. The monoisotopic (exact) mass is 438 g/mol. The molecule has 1 amide bonds. The van der Waals surface area contributed by atoms with Gasteiger partial charge in [-0.1, -0.05) is 46.3 Å². The number of carbonyl (C=O) groups excluding carboxylic acids is 1. The molecule has 0 saturated carbocycles. The van der Waals surface area contributed by atoms with E-state index < -0.39 is 10.0 Å². The molecule has 0 bridgehead atoms. The molecule has 0 fully saturated rings. The summed E-state index contributed by atoms with van der Waals surface area (Å²) in [7, 11) is -3.56. The SMILES string of the molecule is C[C@@H](CCc1ccccc1)NC(=O)CN(c1ccc(Br)cc1)S(C)(=O)=O. The van der Waals surface area contributed by atoms with Gasteiger partial charge in [0, 0.05) is 10.5 Å². The third kappa shape index (κ3) is 6.46. The third-order valence-electron chi connectivity index (χ3n) is 3.92. The molecule has 2 aromatic rings. The molecule has 0 saturated heterocycles. The van der Waals surface area contributed by atoms with Gasteiger partial charge in [-0.3, -0.25) is 9.10 Å². The number of benzene rings is 2. The van der Waals surface area contributed by atoms with Crippen molar-refractivity contribution in [3.05, 3.63) is 64.6 Å². The number of nitrogens with zero attached hydrogens (tertiary/aromatic N) is 1. The van der Waals surface area contributed by atoms with Crippen molar-refractivity contribution in [1.29, 1.82) is 0 Å². The van der Waals surface area contributed by atoms with Crippen molar-refractivity contribution < 1.29 is 13.2 Å². The van der Waals surface area contributed by atoms with Crippen LogP contribution in [0.25, 0.3) is 0 Å². The van der Waals surface area contributed by atoms with Crippen molar-refractivity contribution in [3.8, 4) is 0 Å². The van der Waals surface area contributed by atoms with Crippen LogP contribution in [0.1, 0.15) is 18.9 Å². The van der Waals surface area contributed by atoms with E-state index in [0.717, 1.165) is 27.9 Å². The van der Waals surface area contributed by atoms with Gasteiger partial charge >= 0.3 is 0 Å². The average Bonchev–Trinajstić information content (AvgIpc) is 2.59. The smallest absolute Gasteiger partial charge is 0.240 e. The van der Waals surface area contributed by atoms with Crippen LogP contribution in [-0.4, -0.2) is 33.2 Å². The Hall–Kier alpha value is -1.86. The first kappa shape index (κ1) is 20.5. The lowest BCUT2D eigenvalue weighted by molar-refractivity contribution is -0.120. The number of hydrogen-bond acceptors (Lipinski definition) is 3. The van der Waals surface area contributed by atoms with Gasteiger partial charge in [0.05, 0.1) is 11.9 Å². The molecule has 0 unspecified atom stereocenters. The lowest BCUT2D eigenvalue weighted by atomic mass is 10.1. The zero-order valence-electron chi connectivity index (χ0n) is 14.9. The van der Waals surface area contributed by atoms with Crippen LogP contribution < -0.4 is 9.62 Å². The summed E-state index contributed by atoms with van der Waals surface area (Å²) in [5.41, 5.74) is 1.67. The lowest BCUT2D eigenvalue weighted by Gasteiger charge is -2.23. The van der Waals surface area contributed by atoms with Crippen molar-refractivity contribution in [2.24, 2.45) is 0 Å². The first-order chi connectivity index (χ1) is 12.3. The summed E-state index contributed by atoms with van der Waals surface area (Å²) in [6.45, 7) is 1.68. The van der Waals surface area contributed by atoms with Gasteiger partial charge < -0.3 is 5.32 Å². The second-order valence-corrected chi connectivity index (χ2v) is 9.06. The second kappa shape index (κ2) is 9.19. The normalized spacial score (nSPS) is 12.4. The van der Waals surface area contributed by atoms with Gasteiger partial charge in [-0.25, -0.2) is 8.42 Å². The number of nitrogens with one attached hydrogen (secondary N) is 1. The minimum atomic E-state index is -3.56. The van der Waals surface area contributed by atoms with Gasteiger partial charge in [-0.15, -0.1) is 0 Å². The van der Waals surface area contributed by atoms with Gasteiger partial charge in [0.25, 0.3) is 0 Å². The van der Waals surface area contributed by atoms with E-state index in [4.69, 9.17) is 0 Å². The van der Waals surface area contributed by atoms with Crippen LogP contribution in [0.3, 0.4) is 0 Å². The van der Waals surface area contributed by atoms with Crippen molar-refractivity contribution >= 4 is 37.5 Å². The molecule has 2 aromatic carbocycles. The topological polar surface area (TPSA) is 66.5 Å². The maximum atomic E-state index is 12.3. The first-order valence-corrected chi connectivity index (χ1v) is 11.0. The fourth-order valence-corrected chi connectivity index (χ4v) is 3.68. The summed E-state index contributed by atoms with van der Waals surface area (Å²) in [6, 6.07) is 16.8. The Balaban J connectivity index is 1.95. The van der Waals surface area contributed by atoms with Crippen LogP contribution in [0, 0.1) is 0 Å². The van der Waals surface area contributed by atoms with Gasteiger partial charge in [-0.05, 0) is 49.6 Å². The Labute approximate surface area is 163 Å². The molecule has 0 aliphatic heterocycles. The number of amides is 1. The summed E-state index contributed by atoms with van der Waals surface area (Å²) in [5.74, 6) is -0.320. The number of carbonyl (C=O) groups is 1. The molecule has 1 atom stereocenters. The molecule has 7 heteroatoms. The molecule has 0 radical (unpaired) electrons. The van der Waals surface area contributed by atoms with E-state index in [1.807, 2.05) is 37.3 Å². The summed E-state index contributed by atoms with van der Waals surface area (Å²) < 4.78 is 26.1. The number of sulfonamides is 1. The molecule has 0 spiro atoms. The molecule has 1 N–H and O–H groups in total. The summed E-state index contributed by atoms with van der Waals surface area (Å²) >= 11 is 3.32. The highest BCUT2D eigenvalue weighted by atomic mass is 79.9. The van der Waals surface area contributed by atoms with Gasteiger partial charge in [0.15, 0.2) is 0 Å². The molecule has 5 nitrogen and oxygen atoms in total. The quantitative estimate of drug-likeness (QED) is 0.686. The fourth-order valence-electron chi connectivity index (χ4n) is 2.56. The molecule has 0 heterocycles. The summed E-state index contributed by atoms with van der Waals surface area (Å²) in [5, 5.41) is 2.88. The highest BCUT2D eigenvalue weighted by Crippen LogP contribution is 2.20. The van der Waals surface area contributed by atoms with Crippen LogP contribution >= 0.6 is 15.9 Å². The molecule has 140 valence electrons. The van der Waals surface area contributed by atoms with Crippen LogP contribution in [0.5, 0.6) is 0 Å². The Morgan fingerprint density at radius 1 is 1.12 bits per heavy atom. The maximum Gasteiger partial charge on any atom is 0.240 e. The van der Waals surface area contributed by atoms with Crippen molar-refractivity contribution in [2.45, 2.75) is 25.8 Å². The molecule has 0 aliphatic rings. The fraction of sp³-hybridized carbons (Fsp3) is 0.316. The van der Waals surface area contributed by atoms with Gasteiger partial charge in [0.2, 0.25) is 15.9 Å². The van der Waals surface area contributed by atoms with E-state index in [1.165, 1.54) is 5.56 Å². The van der Waals surface area contributed by atoms with Crippen molar-refractivity contribution in [3.63, 3.8) is 0 Å².